The van der Waals surface area contributed by atoms with Crippen LogP contribution in [0.15, 0.2) is 22.7 Å². The first kappa shape index (κ1) is 13.4. The molecule has 0 unspecified atom stereocenters. The average Bonchev–Trinajstić information content (AvgIpc) is 2.57. The topological polar surface area (TPSA) is 30.0 Å². The highest BCUT2D eigenvalue weighted by Gasteiger charge is 2.13. The Morgan fingerprint density at radius 3 is 2.61 bits per heavy atom. The van der Waals surface area contributed by atoms with E-state index < -0.39 is 0 Å². The minimum absolute atomic E-state index is 0.133. The molecule has 0 aliphatic carbocycles. The van der Waals surface area contributed by atoms with Gasteiger partial charge in [-0.2, -0.15) is 0 Å². The number of rotatable bonds is 3. The number of aromatic nitrogens is 1. The molecule has 4 heteroatoms. The lowest BCUT2D eigenvalue weighted by Crippen LogP contribution is -2.05. The number of Topliss-reactive ketones (excluding diaryl/α,β-unsaturated/α-hetero) is 1. The summed E-state index contributed by atoms with van der Waals surface area (Å²) < 4.78 is 0.998. The summed E-state index contributed by atoms with van der Waals surface area (Å²) in [6, 6.07) is 5.74. The normalized spacial score (nSPS) is 10.7. The van der Waals surface area contributed by atoms with E-state index in [1.54, 1.807) is 11.3 Å². The molecule has 2 nitrogen and oxygen atoms in total. The second-order valence-electron chi connectivity index (χ2n) is 4.31. The Bertz CT molecular complexity index is 584. The van der Waals surface area contributed by atoms with Crippen LogP contribution < -0.4 is 0 Å². The molecule has 0 amide bonds. The maximum Gasteiger partial charge on any atom is 0.169 e. The molecule has 0 aliphatic heterocycles. The second kappa shape index (κ2) is 5.33. The summed E-state index contributed by atoms with van der Waals surface area (Å²) in [4.78, 5) is 17.8. The highest BCUT2D eigenvalue weighted by Crippen LogP contribution is 2.21. The van der Waals surface area contributed by atoms with E-state index in [9.17, 15) is 4.79 Å². The molecule has 0 atom stereocenters. The Morgan fingerprint density at radius 2 is 2.06 bits per heavy atom. The second-order valence-corrected chi connectivity index (χ2v) is 6.51. The molecule has 1 heterocycles. The summed E-state index contributed by atoms with van der Waals surface area (Å²) in [6.45, 7) is 5.97. The summed E-state index contributed by atoms with van der Waals surface area (Å²) in [6.07, 6.45) is 0.391. The zero-order valence-corrected chi connectivity index (χ0v) is 13.0. The number of ketones is 1. The number of carbonyl (C=O) groups is 1. The SMILES string of the molecule is Cc1cc(Br)ccc1C(=O)Cc1nc(C)c(C)s1. The van der Waals surface area contributed by atoms with Crippen LogP contribution >= 0.6 is 27.3 Å². The first-order chi connectivity index (χ1) is 8.47. The van der Waals surface area contributed by atoms with Gasteiger partial charge in [0.2, 0.25) is 0 Å². The van der Waals surface area contributed by atoms with Gasteiger partial charge >= 0.3 is 0 Å². The average molecular weight is 324 g/mol. The quantitative estimate of drug-likeness (QED) is 0.790. The summed E-state index contributed by atoms with van der Waals surface area (Å²) >= 11 is 5.01. The molecular formula is C14H14BrNOS. The van der Waals surface area contributed by atoms with E-state index in [2.05, 4.69) is 20.9 Å². The molecule has 1 aromatic carbocycles. The van der Waals surface area contributed by atoms with E-state index in [1.165, 1.54) is 4.88 Å². The van der Waals surface area contributed by atoms with Crippen molar-refractivity contribution in [2.24, 2.45) is 0 Å². The van der Waals surface area contributed by atoms with Crippen molar-refractivity contribution in [3.8, 4) is 0 Å². The van der Waals surface area contributed by atoms with Gasteiger partial charge in [0.1, 0.15) is 5.01 Å². The predicted molar refractivity (Wildman–Crippen MR) is 78.5 cm³/mol. The Hall–Kier alpha value is -1.00. The molecule has 0 fully saturated rings. The van der Waals surface area contributed by atoms with Gasteiger partial charge in [0, 0.05) is 14.9 Å². The number of aryl methyl sites for hydroxylation is 3. The Balaban J connectivity index is 2.22. The molecule has 0 N–H and O–H groups in total. The van der Waals surface area contributed by atoms with Crippen molar-refractivity contribution in [2.45, 2.75) is 27.2 Å². The van der Waals surface area contributed by atoms with Crippen molar-refractivity contribution in [1.29, 1.82) is 0 Å². The summed E-state index contributed by atoms with van der Waals surface area (Å²) in [5, 5.41) is 0.900. The van der Waals surface area contributed by atoms with Crippen LogP contribution in [0.25, 0.3) is 0 Å². The number of benzene rings is 1. The molecular weight excluding hydrogens is 310 g/mol. The van der Waals surface area contributed by atoms with E-state index in [4.69, 9.17) is 0 Å². The van der Waals surface area contributed by atoms with Crippen LogP contribution in [0.3, 0.4) is 0 Å². The minimum atomic E-state index is 0.133. The zero-order chi connectivity index (χ0) is 13.3. The van der Waals surface area contributed by atoms with E-state index >= 15 is 0 Å². The third kappa shape index (κ3) is 2.87. The van der Waals surface area contributed by atoms with Crippen LogP contribution in [-0.2, 0) is 6.42 Å². The monoisotopic (exact) mass is 323 g/mol. The first-order valence-electron chi connectivity index (χ1n) is 5.69. The molecule has 0 saturated heterocycles. The lowest BCUT2D eigenvalue weighted by Gasteiger charge is -2.04. The third-order valence-corrected chi connectivity index (χ3v) is 4.44. The number of thiazole rings is 1. The zero-order valence-electron chi connectivity index (χ0n) is 10.6. The van der Waals surface area contributed by atoms with Gasteiger partial charge in [-0.1, -0.05) is 22.0 Å². The molecule has 18 heavy (non-hydrogen) atoms. The van der Waals surface area contributed by atoms with Crippen molar-refractivity contribution >= 4 is 33.0 Å². The predicted octanol–water partition coefficient (Wildman–Crippen LogP) is 4.26. The fourth-order valence-electron chi connectivity index (χ4n) is 1.79. The Kier molecular flexibility index (Phi) is 3.97. The molecule has 2 rings (SSSR count). The van der Waals surface area contributed by atoms with Crippen molar-refractivity contribution in [3.63, 3.8) is 0 Å². The molecule has 1 aromatic heterocycles. The molecule has 0 radical (unpaired) electrons. The summed E-state index contributed by atoms with van der Waals surface area (Å²) in [5.41, 5.74) is 2.80. The summed E-state index contributed by atoms with van der Waals surface area (Å²) in [5.74, 6) is 0.133. The van der Waals surface area contributed by atoms with Gasteiger partial charge in [-0.25, -0.2) is 4.98 Å². The van der Waals surface area contributed by atoms with Crippen LogP contribution in [0.4, 0.5) is 0 Å². The van der Waals surface area contributed by atoms with E-state index in [0.717, 1.165) is 26.3 Å². The number of halogens is 1. The molecule has 0 spiro atoms. The lowest BCUT2D eigenvalue weighted by molar-refractivity contribution is 0.0992. The number of nitrogens with zero attached hydrogens (tertiary/aromatic N) is 1. The number of carbonyl (C=O) groups excluding carboxylic acids is 1. The van der Waals surface area contributed by atoms with Crippen LogP contribution in [0.1, 0.15) is 31.5 Å². The highest BCUT2D eigenvalue weighted by atomic mass is 79.9. The van der Waals surface area contributed by atoms with Crippen LogP contribution in [-0.4, -0.2) is 10.8 Å². The molecule has 0 saturated carbocycles. The van der Waals surface area contributed by atoms with Gasteiger partial charge in [-0.3, -0.25) is 4.79 Å². The number of hydrogen-bond donors (Lipinski definition) is 0. The maximum absolute atomic E-state index is 12.2. The van der Waals surface area contributed by atoms with Gasteiger partial charge in [0.15, 0.2) is 5.78 Å². The smallest absolute Gasteiger partial charge is 0.169 e. The lowest BCUT2D eigenvalue weighted by atomic mass is 10.0. The van der Waals surface area contributed by atoms with Crippen molar-refractivity contribution in [3.05, 3.63) is 49.4 Å². The van der Waals surface area contributed by atoms with Gasteiger partial charge in [0.25, 0.3) is 0 Å². The van der Waals surface area contributed by atoms with Crippen molar-refractivity contribution < 1.29 is 4.79 Å². The largest absolute Gasteiger partial charge is 0.294 e. The highest BCUT2D eigenvalue weighted by molar-refractivity contribution is 9.10. The fourth-order valence-corrected chi connectivity index (χ4v) is 3.20. The van der Waals surface area contributed by atoms with Crippen LogP contribution in [0.2, 0.25) is 0 Å². The standard InChI is InChI=1S/C14H14BrNOS/c1-8-6-11(15)4-5-12(8)13(17)7-14-16-9(2)10(3)18-14/h4-6H,7H2,1-3H3. The first-order valence-corrected chi connectivity index (χ1v) is 7.30. The fraction of sp³-hybridized carbons (Fsp3) is 0.286. The number of hydrogen-bond acceptors (Lipinski definition) is 3. The molecule has 94 valence electrons. The van der Waals surface area contributed by atoms with E-state index in [-0.39, 0.29) is 5.78 Å². The summed E-state index contributed by atoms with van der Waals surface area (Å²) in [7, 11) is 0. The van der Waals surface area contributed by atoms with Gasteiger partial charge < -0.3 is 0 Å². The van der Waals surface area contributed by atoms with E-state index in [0.29, 0.717) is 6.42 Å². The molecule has 2 aromatic rings. The minimum Gasteiger partial charge on any atom is -0.294 e. The van der Waals surface area contributed by atoms with Gasteiger partial charge in [-0.15, -0.1) is 11.3 Å². The van der Waals surface area contributed by atoms with E-state index in [1.807, 2.05) is 39.0 Å². The molecule has 0 bridgehead atoms. The Labute approximate surface area is 119 Å². The van der Waals surface area contributed by atoms with Crippen molar-refractivity contribution in [2.75, 3.05) is 0 Å². The van der Waals surface area contributed by atoms with Crippen molar-refractivity contribution in [1.82, 2.24) is 4.98 Å². The van der Waals surface area contributed by atoms with Gasteiger partial charge in [-0.05, 0) is 38.5 Å². The third-order valence-electron chi connectivity index (χ3n) is 2.87. The maximum atomic E-state index is 12.2. The van der Waals surface area contributed by atoms with Crippen LogP contribution in [0.5, 0.6) is 0 Å². The van der Waals surface area contributed by atoms with Crippen LogP contribution in [0, 0.1) is 20.8 Å². The molecule has 0 aliphatic rings. The Morgan fingerprint density at radius 1 is 1.33 bits per heavy atom. The van der Waals surface area contributed by atoms with Gasteiger partial charge in [0.05, 0.1) is 12.1 Å².